The van der Waals surface area contributed by atoms with E-state index in [-0.39, 0.29) is 23.2 Å². The van der Waals surface area contributed by atoms with Crippen molar-refractivity contribution in [3.05, 3.63) is 33.4 Å². The lowest BCUT2D eigenvalue weighted by Crippen LogP contribution is -2.30. The third-order valence-corrected chi connectivity index (χ3v) is 4.51. The van der Waals surface area contributed by atoms with Gasteiger partial charge in [-0.05, 0) is 32.8 Å². The molecule has 1 unspecified atom stereocenters. The van der Waals surface area contributed by atoms with Crippen LogP contribution in [-0.4, -0.2) is 25.9 Å². The third-order valence-electron chi connectivity index (χ3n) is 2.87. The lowest BCUT2D eigenvalue weighted by atomic mass is 10.1. The van der Waals surface area contributed by atoms with Crippen molar-refractivity contribution < 1.29 is 13.3 Å². The fourth-order valence-electron chi connectivity index (χ4n) is 1.83. The van der Waals surface area contributed by atoms with Crippen LogP contribution >= 0.6 is 0 Å². The zero-order chi connectivity index (χ0) is 15.5. The molecule has 0 aliphatic rings. The highest BCUT2D eigenvalue weighted by Gasteiger charge is 2.29. The van der Waals surface area contributed by atoms with E-state index in [2.05, 4.69) is 4.72 Å². The van der Waals surface area contributed by atoms with Crippen LogP contribution < -0.4 is 10.5 Å². The number of nitrogens with zero attached hydrogens (tertiary/aromatic N) is 1. The Morgan fingerprint density at radius 3 is 2.40 bits per heavy atom. The Morgan fingerprint density at radius 2 is 1.90 bits per heavy atom. The number of nitrogens with two attached hydrogens (primary N) is 1. The molecule has 8 heteroatoms. The van der Waals surface area contributed by atoms with Crippen LogP contribution in [0.1, 0.15) is 24.5 Å². The number of hydrogen-bond acceptors (Lipinski definition) is 5. The van der Waals surface area contributed by atoms with Gasteiger partial charge in [-0.2, -0.15) is 0 Å². The van der Waals surface area contributed by atoms with Crippen LogP contribution in [0.5, 0.6) is 0 Å². The summed E-state index contributed by atoms with van der Waals surface area (Å²) in [5.41, 5.74) is 5.83. The topological polar surface area (TPSA) is 115 Å². The predicted octanol–water partition coefficient (Wildman–Crippen LogP) is 1.23. The van der Waals surface area contributed by atoms with E-state index in [1.807, 2.05) is 0 Å². The lowest BCUT2D eigenvalue weighted by Gasteiger charge is -2.12. The van der Waals surface area contributed by atoms with Crippen molar-refractivity contribution in [2.24, 2.45) is 5.73 Å². The molecule has 0 aliphatic heterocycles. The summed E-state index contributed by atoms with van der Waals surface area (Å²) in [5, 5.41) is 11.1. The largest absolute Gasteiger partial charge is 0.328 e. The van der Waals surface area contributed by atoms with Gasteiger partial charge in [-0.1, -0.05) is 12.1 Å². The Kier molecular flexibility index (Phi) is 5.21. The van der Waals surface area contributed by atoms with Crippen molar-refractivity contribution in [1.29, 1.82) is 0 Å². The Bertz CT molecular complexity index is 611. The zero-order valence-electron chi connectivity index (χ0n) is 11.7. The van der Waals surface area contributed by atoms with Gasteiger partial charge in [-0.3, -0.25) is 10.1 Å². The molecule has 7 nitrogen and oxygen atoms in total. The Hall–Kier alpha value is -1.51. The monoisotopic (exact) mass is 301 g/mol. The van der Waals surface area contributed by atoms with Gasteiger partial charge in [0.2, 0.25) is 10.0 Å². The molecule has 0 amide bonds. The molecule has 0 saturated carbocycles. The molecule has 0 aliphatic carbocycles. The standard InChI is InChI=1S/C12H19N3O4S/c1-8-4-5-9(2)12(11(8)15(16)17)20(18,19)14-7-6-10(3)13/h4-5,10,14H,6-7,13H2,1-3H3. The maximum Gasteiger partial charge on any atom is 0.292 e. The van der Waals surface area contributed by atoms with Crippen molar-refractivity contribution in [2.45, 2.75) is 38.1 Å². The van der Waals surface area contributed by atoms with E-state index in [9.17, 15) is 18.5 Å². The van der Waals surface area contributed by atoms with Crippen LogP contribution in [0, 0.1) is 24.0 Å². The maximum atomic E-state index is 12.3. The van der Waals surface area contributed by atoms with Crippen molar-refractivity contribution in [3.63, 3.8) is 0 Å². The Morgan fingerprint density at radius 1 is 1.35 bits per heavy atom. The van der Waals surface area contributed by atoms with E-state index in [0.29, 0.717) is 17.5 Å². The molecule has 1 atom stereocenters. The van der Waals surface area contributed by atoms with Crippen LogP contribution in [0.2, 0.25) is 0 Å². The average Bonchev–Trinajstić information content (AvgIpc) is 2.30. The average molecular weight is 301 g/mol. The number of sulfonamides is 1. The number of nitro groups is 1. The number of benzene rings is 1. The molecular formula is C12H19N3O4S. The molecule has 1 rings (SSSR count). The van der Waals surface area contributed by atoms with E-state index in [1.54, 1.807) is 13.0 Å². The zero-order valence-corrected chi connectivity index (χ0v) is 12.5. The molecule has 0 bridgehead atoms. The first-order valence-electron chi connectivity index (χ1n) is 6.16. The molecule has 112 valence electrons. The number of aryl methyl sites for hydroxylation is 2. The SMILES string of the molecule is Cc1ccc(C)c(S(=O)(=O)NCCC(C)N)c1[N+](=O)[O-]. The highest BCUT2D eigenvalue weighted by Crippen LogP contribution is 2.30. The highest BCUT2D eigenvalue weighted by molar-refractivity contribution is 7.89. The van der Waals surface area contributed by atoms with Gasteiger partial charge in [0.25, 0.3) is 5.69 Å². The fourth-order valence-corrected chi connectivity index (χ4v) is 3.34. The summed E-state index contributed by atoms with van der Waals surface area (Å²) in [6.07, 6.45) is 0.456. The molecular weight excluding hydrogens is 282 g/mol. The quantitative estimate of drug-likeness (QED) is 0.605. The van der Waals surface area contributed by atoms with Crippen LogP contribution in [0.3, 0.4) is 0 Å². The molecule has 1 aromatic rings. The highest BCUT2D eigenvalue weighted by atomic mass is 32.2. The minimum atomic E-state index is -3.93. The molecule has 3 N–H and O–H groups in total. The molecule has 1 aromatic carbocycles. The number of nitro benzene ring substituents is 1. The summed E-state index contributed by atoms with van der Waals surface area (Å²) in [6, 6.07) is 2.95. The first-order chi connectivity index (χ1) is 9.16. The van der Waals surface area contributed by atoms with E-state index in [4.69, 9.17) is 5.73 Å². The minimum Gasteiger partial charge on any atom is -0.328 e. The van der Waals surface area contributed by atoms with E-state index >= 15 is 0 Å². The van der Waals surface area contributed by atoms with E-state index in [1.165, 1.54) is 19.9 Å². The van der Waals surface area contributed by atoms with Gasteiger partial charge >= 0.3 is 0 Å². The molecule has 0 spiro atoms. The second kappa shape index (κ2) is 6.29. The summed E-state index contributed by atoms with van der Waals surface area (Å²) in [7, 11) is -3.93. The number of hydrogen-bond donors (Lipinski definition) is 2. The van der Waals surface area contributed by atoms with E-state index in [0.717, 1.165) is 0 Å². The minimum absolute atomic E-state index is 0.143. The third kappa shape index (κ3) is 3.75. The number of nitrogens with one attached hydrogen (secondary N) is 1. The van der Waals surface area contributed by atoms with Crippen molar-refractivity contribution in [1.82, 2.24) is 4.72 Å². The molecule has 0 saturated heterocycles. The molecule has 0 radical (unpaired) electrons. The summed E-state index contributed by atoms with van der Waals surface area (Å²) < 4.78 is 26.9. The maximum absolute atomic E-state index is 12.3. The van der Waals surface area contributed by atoms with Crippen molar-refractivity contribution in [2.75, 3.05) is 6.54 Å². The Balaban J connectivity index is 3.24. The normalized spacial score (nSPS) is 13.2. The molecule has 0 aromatic heterocycles. The second-order valence-corrected chi connectivity index (χ2v) is 6.50. The van der Waals surface area contributed by atoms with Gasteiger partial charge in [-0.25, -0.2) is 13.1 Å². The molecule has 20 heavy (non-hydrogen) atoms. The van der Waals surface area contributed by atoms with Gasteiger partial charge < -0.3 is 5.73 Å². The molecule has 0 fully saturated rings. The fraction of sp³-hybridized carbons (Fsp3) is 0.500. The van der Waals surface area contributed by atoms with Gasteiger partial charge in [0.1, 0.15) is 0 Å². The van der Waals surface area contributed by atoms with Crippen LogP contribution in [0.15, 0.2) is 17.0 Å². The second-order valence-electron chi connectivity index (χ2n) is 4.80. The summed E-state index contributed by atoms with van der Waals surface area (Å²) >= 11 is 0. The summed E-state index contributed by atoms with van der Waals surface area (Å²) in [6.45, 7) is 4.95. The van der Waals surface area contributed by atoms with Crippen LogP contribution in [0.25, 0.3) is 0 Å². The number of rotatable bonds is 6. The van der Waals surface area contributed by atoms with Gasteiger partial charge in [0.05, 0.1) is 4.92 Å². The molecule has 0 heterocycles. The van der Waals surface area contributed by atoms with Gasteiger partial charge in [-0.15, -0.1) is 0 Å². The van der Waals surface area contributed by atoms with Gasteiger partial charge in [0, 0.05) is 18.2 Å². The first kappa shape index (κ1) is 16.5. The summed E-state index contributed by atoms with van der Waals surface area (Å²) in [4.78, 5) is 10.2. The van der Waals surface area contributed by atoms with Gasteiger partial charge in [0.15, 0.2) is 4.90 Å². The van der Waals surface area contributed by atoms with Crippen LogP contribution in [-0.2, 0) is 10.0 Å². The first-order valence-corrected chi connectivity index (χ1v) is 7.65. The van der Waals surface area contributed by atoms with Crippen molar-refractivity contribution in [3.8, 4) is 0 Å². The smallest absolute Gasteiger partial charge is 0.292 e. The van der Waals surface area contributed by atoms with Crippen molar-refractivity contribution >= 4 is 15.7 Å². The Labute approximate surface area is 118 Å². The lowest BCUT2D eigenvalue weighted by molar-refractivity contribution is -0.388. The summed E-state index contributed by atoms with van der Waals surface area (Å²) in [5.74, 6) is 0. The van der Waals surface area contributed by atoms with Crippen LogP contribution in [0.4, 0.5) is 5.69 Å². The predicted molar refractivity (Wildman–Crippen MR) is 76.0 cm³/mol. The van der Waals surface area contributed by atoms with E-state index < -0.39 is 14.9 Å².